The topological polar surface area (TPSA) is 92.3 Å². The number of hydrogen-bond acceptors (Lipinski definition) is 5. The van der Waals surface area contributed by atoms with Gasteiger partial charge in [0, 0.05) is 13.1 Å². The van der Waals surface area contributed by atoms with Gasteiger partial charge in [-0.3, -0.25) is 4.79 Å². The summed E-state index contributed by atoms with van der Waals surface area (Å²) in [4.78, 5) is 21.2. The summed E-state index contributed by atoms with van der Waals surface area (Å²) in [5.41, 5.74) is 6.72. The zero-order valence-corrected chi connectivity index (χ0v) is 14.7. The predicted molar refractivity (Wildman–Crippen MR) is 97.3 cm³/mol. The number of rotatable bonds is 5. The van der Waals surface area contributed by atoms with E-state index >= 15 is 0 Å². The van der Waals surface area contributed by atoms with Crippen molar-refractivity contribution in [1.29, 1.82) is 0 Å². The summed E-state index contributed by atoms with van der Waals surface area (Å²) < 4.78 is 14.3. The molecule has 0 saturated carbocycles. The minimum absolute atomic E-state index is 0.105. The van der Waals surface area contributed by atoms with E-state index in [0.29, 0.717) is 25.9 Å². The molecule has 0 bridgehead atoms. The maximum atomic E-state index is 14.3. The normalized spacial score (nSPS) is 21.4. The Balaban J connectivity index is 1.80. The Bertz CT molecular complexity index is 771. The van der Waals surface area contributed by atoms with Gasteiger partial charge in [0.05, 0.1) is 5.92 Å². The number of nitrogens with zero attached hydrogens (tertiary/aromatic N) is 3. The molecular weight excluding hydrogens is 335 g/mol. The highest BCUT2D eigenvalue weighted by molar-refractivity contribution is 5.71. The van der Waals surface area contributed by atoms with Crippen molar-refractivity contribution in [2.24, 2.45) is 11.8 Å². The summed E-state index contributed by atoms with van der Waals surface area (Å²) in [5, 5.41) is 9.61. The lowest BCUT2D eigenvalue weighted by Crippen LogP contribution is -2.44. The molecule has 138 valence electrons. The number of benzene rings is 1. The van der Waals surface area contributed by atoms with Gasteiger partial charge in [-0.2, -0.15) is 4.39 Å². The number of halogens is 1. The quantitative estimate of drug-likeness (QED) is 0.854. The fourth-order valence-corrected chi connectivity index (χ4v) is 3.75. The smallest absolute Gasteiger partial charge is 0.306 e. The summed E-state index contributed by atoms with van der Waals surface area (Å²) in [5.74, 6) is -1.81. The molecule has 6 nitrogen and oxygen atoms in total. The Hall–Kier alpha value is -2.70. The molecule has 3 atom stereocenters. The average molecular weight is 358 g/mol. The van der Waals surface area contributed by atoms with Crippen LogP contribution in [0.5, 0.6) is 0 Å². The van der Waals surface area contributed by atoms with E-state index in [1.54, 1.807) is 4.90 Å². The van der Waals surface area contributed by atoms with E-state index in [2.05, 4.69) is 16.9 Å². The van der Waals surface area contributed by atoms with Gasteiger partial charge >= 0.3 is 5.97 Å². The molecular formula is C19H23FN4O2. The van der Waals surface area contributed by atoms with Crippen molar-refractivity contribution in [2.45, 2.75) is 25.7 Å². The first-order chi connectivity index (χ1) is 12.5. The number of hydrogen-bond donors (Lipinski definition) is 2. The van der Waals surface area contributed by atoms with Gasteiger partial charge in [0.15, 0.2) is 11.6 Å². The minimum Gasteiger partial charge on any atom is -0.481 e. The Morgan fingerprint density at radius 3 is 2.81 bits per heavy atom. The Morgan fingerprint density at radius 1 is 1.38 bits per heavy atom. The van der Waals surface area contributed by atoms with E-state index in [1.165, 1.54) is 11.9 Å². The number of aliphatic carboxylic acids is 1. The number of nitrogens with two attached hydrogens (primary N) is 1. The molecule has 0 aliphatic carbocycles. The Kier molecular flexibility index (Phi) is 5.35. The second-order valence-corrected chi connectivity index (χ2v) is 6.88. The SMILES string of the molecule is C[C@H](C[C@H]1CN(c2ncnc(N)c2F)CCC1C(=O)O)c1ccccc1. The molecule has 1 fully saturated rings. The molecule has 2 heterocycles. The van der Waals surface area contributed by atoms with Gasteiger partial charge in [0.1, 0.15) is 6.33 Å². The lowest BCUT2D eigenvalue weighted by Gasteiger charge is -2.38. The van der Waals surface area contributed by atoms with Crippen LogP contribution in [0, 0.1) is 17.7 Å². The monoisotopic (exact) mass is 358 g/mol. The number of aromatic nitrogens is 2. The zero-order valence-electron chi connectivity index (χ0n) is 14.7. The Labute approximate surface area is 151 Å². The molecule has 1 unspecified atom stereocenters. The summed E-state index contributed by atoms with van der Waals surface area (Å²) >= 11 is 0. The van der Waals surface area contributed by atoms with Gasteiger partial charge in [-0.1, -0.05) is 37.3 Å². The van der Waals surface area contributed by atoms with Crippen molar-refractivity contribution < 1.29 is 14.3 Å². The van der Waals surface area contributed by atoms with Gasteiger partial charge in [0.25, 0.3) is 0 Å². The fraction of sp³-hybridized carbons (Fsp3) is 0.421. The van der Waals surface area contributed by atoms with Crippen molar-refractivity contribution in [3.05, 3.63) is 48.0 Å². The molecule has 1 aromatic carbocycles. The standard InChI is InChI=1S/C19H23FN4O2/c1-12(13-5-3-2-4-6-13)9-14-10-24(8-7-15(14)19(25)26)18-16(20)17(21)22-11-23-18/h2-6,11-12,14-15H,7-10H2,1H3,(H,25,26)(H2,21,22,23)/t12-,14+,15?/m1/s1. The maximum absolute atomic E-state index is 14.3. The van der Waals surface area contributed by atoms with E-state index in [0.717, 1.165) is 0 Å². The van der Waals surface area contributed by atoms with E-state index in [1.807, 2.05) is 30.3 Å². The van der Waals surface area contributed by atoms with Crippen molar-refractivity contribution in [3.63, 3.8) is 0 Å². The first-order valence-electron chi connectivity index (χ1n) is 8.76. The summed E-state index contributed by atoms with van der Waals surface area (Å²) in [6.07, 6.45) is 2.39. The van der Waals surface area contributed by atoms with E-state index in [9.17, 15) is 14.3 Å². The third kappa shape index (κ3) is 3.76. The molecule has 1 aliphatic rings. The largest absolute Gasteiger partial charge is 0.481 e. The summed E-state index contributed by atoms with van der Waals surface area (Å²) in [6.45, 7) is 2.96. The molecule has 2 aromatic rings. The zero-order chi connectivity index (χ0) is 18.7. The lowest BCUT2D eigenvalue weighted by atomic mass is 9.78. The second kappa shape index (κ2) is 7.68. The van der Waals surface area contributed by atoms with Gasteiger partial charge < -0.3 is 15.7 Å². The molecule has 1 aromatic heterocycles. The second-order valence-electron chi connectivity index (χ2n) is 6.88. The number of nitrogen functional groups attached to an aromatic ring is 1. The highest BCUT2D eigenvalue weighted by Crippen LogP contribution is 2.35. The summed E-state index contributed by atoms with van der Waals surface area (Å²) in [7, 11) is 0. The van der Waals surface area contributed by atoms with E-state index in [4.69, 9.17) is 5.73 Å². The molecule has 3 rings (SSSR count). The molecule has 0 spiro atoms. The van der Waals surface area contributed by atoms with Crippen molar-refractivity contribution in [3.8, 4) is 0 Å². The van der Waals surface area contributed by atoms with Gasteiger partial charge in [0.2, 0.25) is 5.82 Å². The number of carbonyl (C=O) groups is 1. The predicted octanol–water partition coefficient (Wildman–Crippen LogP) is 2.92. The van der Waals surface area contributed by atoms with Crippen LogP contribution in [0.2, 0.25) is 0 Å². The number of carboxylic acids is 1. The molecule has 7 heteroatoms. The highest BCUT2D eigenvalue weighted by Gasteiger charge is 2.36. The van der Waals surface area contributed by atoms with Crippen molar-refractivity contribution in [2.75, 3.05) is 23.7 Å². The number of piperidine rings is 1. The van der Waals surface area contributed by atoms with Crippen LogP contribution >= 0.6 is 0 Å². The molecule has 1 aliphatic heterocycles. The fourth-order valence-electron chi connectivity index (χ4n) is 3.75. The van der Waals surface area contributed by atoms with E-state index < -0.39 is 17.7 Å². The summed E-state index contributed by atoms with van der Waals surface area (Å²) in [6, 6.07) is 10.0. The van der Waals surface area contributed by atoms with Crippen LogP contribution in [0.4, 0.5) is 16.0 Å². The van der Waals surface area contributed by atoms with Crippen molar-refractivity contribution in [1.82, 2.24) is 9.97 Å². The third-order valence-corrected chi connectivity index (χ3v) is 5.17. The van der Waals surface area contributed by atoms with Crippen LogP contribution in [0.1, 0.15) is 31.2 Å². The highest BCUT2D eigenvalue weighted by atomic mass is 19.1. The van der Waals surface area contributed by atoms with Crippen molar-refractivity contribution >= 4 is 17.6 Å². The van der Waals surface area contributed by atoms with Crippen LogP contribution in [0.3, 0.4) is 0 Å². The average Bonchev–Trinajstić information content (AvgIpc) is 2.64. The minimum atomic E-state index is -0.794. The molecule has 3 N–H and O–H groups in total. The maximum Gasteiger partial charge on any atom is 0.306 e. The van der Waals surface area contributed by atoms with Crippen LogP contribution in [0.25, 0.3) is 0 Å². The first kappa shape index (κ1) is 18.1. The molecule has 26 heavy (non-hydrogen) atoms. The number of anilines is 2. The van der Waals surface area contributed by atoms with Gasteiger partial charge in [-0.15, -0.1) is 0 Å². The van der Waals surface area contributed by atoms with Gasteiger partial charge in [-0.25, -0.2) is 9.97 Å². The third-order valence-electron chi connectivity index (χ3n) is 5.17. The van der Waals surface area contributed by atoms with E-state index in [-0.39, 0.29) is 23.5 Å². The first-order valence-corrected chi connectivity index (χ1v) is 8.76. The molecule has 1 saturated heterocycles. The van der Waals surface area contributed by atoms with Gasteiger partial charge in [-0.05, 0) is 30.2 Å². The molecule has 0 radical (unpaired) electrons. The van der Waals surface area contributed by atoms with Crippen LogP contribution < -0.4 is 10.6 Å². The lowest BCUT2D eigenvalue weighted by molar-refractivity contribution is -0.144. The van der Waals surface area contributed by atoms with Crippen LogP contribution in [0.15, 0.2) is 36.7 Å². The Morgan fingerprint density at radius 2 is 2.12 bits per heavy atom. The number of carboxylic acid groups (broad SMARTS) is 1. The molecule has 0 amide bonds. The van der Waals surface area contributed by atoms with Crippen LogP contribution in [-0.2, 0) is 4.79 Å². The van der Waals surface area contributed by atoms with Crippen LogP contribution in [-0.4, -0.2) is 34.1 Å².